The molecule has 0 aliphatic carbocycles. The number of hydrogen-bond donors (Lipinski definition) is 2. The molecule has 5 nitrogen and oxygen atoms in total. The number of thiophene rings is 1. The van der Waals surface area contributed by atoms with Crippen molar-refractivity contribution in [1.29, 1.82) is 0 Å². The van der Waals surface area contributed by atoms with Crippen LogP contribution in [-0.2, 0) is 16.4 Å². The molecule has 0 unspecified atom stereocenters. The zero-order valence-corrected chi connectivity index (χ0v) is 13.1. The number of nitrogens with zero attached hydrogens (tertiary/aromatic N) is 1. The molecule has 110 valence electrons. The standard InChI is InChI=1S/C14H15N3O2S2/c1-10-2-5-14(20-10)21(18,19)17-7-6-11-3-4-12-13(8-11)16-9-15-12/h2-5,8-9,17H,6-7H2,1H3,(H,15,16). The van der Waals surface area contributed by atoms with Gasteiger partial charge in [0.25, 0.3) is 0 Å². The average Bonchev–Trinajstić information content (AvgIpc) is 3.06. The number of aromatic amines is 1. The van der Waals surface area contributed by atoms with Gasteiger partial charge < -0.3 is 4.98 Å². The fourth-order valence-corrected chi connectivity index (χ4v) is 4.46. The quantitative estimate of drug-likeness (QED) is 0.758. The van der Waals surface area contributed by atoms with Crippen LogP contribution in [0, 0.1) is 6.92 Å². The topological polar surface area (TPSA) is 74.8 Å². The molecule has 0 bridgehead atoms. The highest BCUT2D eigenvalue weighted by Gasteiger charge is 2.15. The Labute approximate surface area is 127 Å². The molecule has 3 rings (SSSR count). The Morgan fingerprint density at radius 1 is 1.29 bits per heavy atom. The van der Waals surface area contributed by atoms with Crippen LogP contribution in [0.3, 0.4) is 0 Å². The molecule has 0 radical (unpaired) electrons. The third kappa shape index (κ3) is 3.15. The molecule has 2 heterocycles. The van der Waals surface area contributed by atoms with Crippen molar-refractivity contribution in [1.82, 2.24) is 14.7 Å². The molecule has 0 amide bonds. The van der Waals surface area contributed by atoms with Gasteiger partial charge in [0.2, 0.25) is 10.0 Å². The lowest BCUT2D eigenvalue weighted by Crippen LogP contribution is -2.25. The summed E-state index contributed by atoms with van der Waals surface area (Å²) in [6.45, 7) is 2.27. The summed E-state index contributed by atoms with van der Waals surface area (Å²) in [7, 11) is -3.39. The van der Waals surface area contributed by atoms with Gasteiger partial charge in [0, 0.05) is 11.4 Å². The van der Waals surface area contributed by atoms with E-state index in [4.69, 9.17) is 0 Å². The minimum atomic E-state index is -3.39. The second kappa shape index (κ2) is 5.59. The first kappa shape index (κ1) is 14.2. The maximum absolute atomic E-state index is 12.1. The van der Waals surface area contributed by atoms with Crippen LogP contribution in [0.15, 0.2) is 40.9 Å². The molecule has 2 aromatic heterocycles. The number of sulfonamides is 1. The summed E-state index contributed by atoms with van der Waals surface area (Å²) >= 11 is 1.28. The van der Waals surface area contributed by atoms with Crippen molar-refractivity contribution in [3.63, 3.8) is 0 Å². The molecule has 21 heavy (non-hydrogen) atoms. The summed E-state index contributed by atoms with van der Waals surface area (Å²) in [6.07, 6.45) is 2.29. The first-order valence-corrected chi connectivity index (χ1v) is 8.83. The summed E-state index contributed by atoms with van der Waals surface area (Å²) in [5.41, 5.74) is 2.94. The van der Waals surface area contributed by atoms with Gasteiger partial charge in [-0.1, -0.05) is 6.07 Å². The fourth-order valence-electron chi connectivity index (χ4n) is 2.10. The molecule has 0 saturated heterocycles. The lowest BCUT2D eigenvalue weighted by molar-refractivity contribution is 0.584. The molecule has 0 fully saturated rings. The molecular weight excluding hydrogens is 306 g/mol. The van der Waals surface area contributed by atoms with Crippen LogP contribution in [0.5, 0.6) is 0 Å². The molecule has 0 aliphatic heterocycles. The molecule has 1 aromatic carbocycles. The Kier molecular flexibility index (Phi) is 3.79. The van der Waals surface area contributed by atoms with Crippen molar-refractivity contribution in [3.8, 4) is 0 Å². The van der Waals surface area contributed by atoms with Crippen molar-refractivity contribution in [2.45, 2.75) is 17.6 Å². The highest BCUT2D eigenvalue weighted by atomic mass is 32.2. The number of aryl methyl sites for hydroxylation is 1. The van der Waals surface area contributed by atoms with E-state index >= 15 is 0 Å². The first-order chi connectivity index (χ1) is 10.0. The van der Waals surface area contributed by atoms with E-state index in [0.717, 1.165) is 21.5 Å². The van der Waals surface area contributed by atoms with Gasteiger partial charge in [-0.15, -0.1) is 11.3 Å². The van der Waals surface area contributed by atoms with Crippen LogP contribution in [0.2, 0.25) is 0 Å². The fraction of sp³-hybridized carbons (Fsp3) is 0.214. The van der Waals surface area contributed by atoms with Crippen molar-refractivity contribution < 1.29 is 8.42 Å². The van der Waals surface area contributed by atoms with Crippen molar-refractivity contribution in [2.75, 3.05) is 6.54 Å². The highest BCUT2D eigenvalue weighted by molar-refractivity contribution is 7.91. The van der Waals surface area contributed by atoms with Gasteiger partial charge in [-0.05, 0) is 43.2 Å². The SMILES string of the molecule is Cc1ccc(S(=O)(=O)NCCc2ccc3nc[nH]c3c2)s1. The summed E-state index contributed by atoms with van der Waals surface area (Å²) in [6, 6.07) is 9.33. The maximum atomic E-state index is 12.1. The second-order valence-electron chi connectivity index (χ2n) is 4.77. The number of fused-ring (bicyclic) bond motifs is 1. The highest BCUT2D eigenvalue weighted by Crippen LogP contribution is 2.20. The Balaban J connectivity index is 1.65. The number of H-pyrrole nitrogens is 1. The molecule has 2 N–H and O–H groups in total. The zero-order valence-electron chi connectivity index (χ0n) is 11.5. The van der Waals surface area contributed by atoms with E-state index in [9.17, 15) is 8.42 Å². The van der Waals surface area contributed by atoms with Gasteiger partial charge in [0.05, 0.1) is 17.4 Å². The minimum Gasteiger partial charge on any atom is -0.345 e. The maximum Gasteiger partial charge on any atom is 0.250 e. The van der Waals surface area contributed by atoms with E-state index in [1.807, 2.05) is 31.2 Å². The van der Waals surface area contributed by atoms with Crippen LogP contribution in [0.1, 0.15) is 10.4 Å². The molecule has 0 spiro atoms. The number of benzene rings is 1. The summed E-state index contributed by atoms with van der Waals surface area (Å²) in [5, 5.41) is 0. The first-order valence-electron chi connectivity index (χ1n) is 6.53. The average molecular weight is 321 g/mol. The van der Waals surface area contributed by atoms with E-state index in [1.54, 1.807) is 12.4 Å². The Hall–Kier alpha value is -1.70. The van der Waals surface area contributed by atoms with Gasteiger partial charge >= 0.3 is 0 Å². The lowest BCUT2D eigenvalue weighted by atomic mass is 10.1. The van der Waals surface area contributed by atoms with Gasteiger partial charge in [-0.3, -0.25) is 0 Å². The Morgan fingerprint density at radius 2 is 2.14 bits per heavy atom. The summed E-state index contributed by atoms with van der Waals surface area (Å²) < 4.78 is 27.2. The van der Waals surface area contributed by atoms with Crippen LogP contribution in [-0.4, -0.2) is 24.9 Å². The third-order valence-electron chi connectivity index (χ3n) is 3.17. The normalized spacial score (nSPS) is 12.0. The van der Waals surface area contributed by atoms with E-state index in [0.29, 0.717) is 17.2 Å². The Morgan fingerprint density at radius 3 is 2.90 bits per heavy atom. The van der Waals surface area contributed by atoms with Gasteiger partial charge in [-0.2, -0.15) is 0 Å². The molecule has 0 atom stereocenters. The molecule has 0 saturated carbocycles. The molecule has 0 aliphatic rings. The summed E-state index contributed by atoms with van der Waals surface area (Å²) in [5.74, 6) is 0. The van der Waals surface area contributed by atoms with Crippen LogP contribution < -0.4 is 4.72 Å². The van der Waals surface area contributed by atoms with E-state index in [-0.39, 0.29) is 0 Å². The smallest absolute Gasteiger partial charge is 0.250 e. The van der Waals surface area contributed by atoms with Crippen molar-refractivity contribution in [3.05, 3.63) is 47.1 Å². The van der Waals surface area contributed by atoms with E-state index in [2.05, 4.69) is 14.7 Å². The van der Waals surface area contributed by atoms with Crippen LogP contribution >= 0.6 is 11.3 Å². The second-order valence-corrected chi connectivity index (χ2v) is 8.05. The third-order valence-corrected chi connectivity index (χ3v) is 6.12. The number of rotatable bonds is 5. The van der Waals surface area contributed by atoms with Gasteiger partial charge in [-0.25, -0.2) is 18.1 Å². The number of aromatic nitrogens is 2. The monoisotopic (exact) mass is 321 g/mol. The molecule has 3 aromatic rings. The van der Waals surface area contributed by atoms with Gasteiger partial charge in [0.1, 0.15) is 4.21 Å². The lowest BCUT2D eigenvalue weighted by Gasteiger charge is -2.05. The number of imidazole rings is 1. The van der Waals surface area contributed by atoms with Crippen LogP contribution in [0.25, 0.3) is 11.0 Å². The molecule has 7 heteroatoms. The number of hydrogen-bond acceptors (Lipinski definition) is 4. The summed E-state index contributed by atoms with van der Waals surface area (Å²) in [4.78, 5) is 8.19. The largest absolute Gasteiger partial charge is 0.345 e. The van der Waals surface area contributed by atoms with Crippen molar-refractivity contribution >= 4 is 32.4 Å². The van der Waals surface area contributed by atoms with Crippen LogP contribution in [0.4, 0.5) is 0 Å². The van der Waals surface area contributed by atoms with Crippen molar-refractivity contribution in [2.24, 2.45) is 0 Å². The number of nitrogens with one attached hydrogen (secondary N) is 2. The van der Waals surface area contributed by atoms with Gasteiger partial charge in [0.15, 0.2) is 0 Å². The van der Waals surface area contributed by atoms with E-state index < -0.39 is 10.0 Å². The Bertz CT molecular complexity index is 865. The predicted molar refractivity (Wildman–Crippen MR) is 84.0 cm³/mol. The zero-order chi connectivity index (χ0) is 14.9. The minimum absolute atomic E-state index is 0.365. The molecular formula is C14H15N3O2S2. The predicted octanol–water partition coefficient (Wildman–Crippen LogP) is 2.45. The van der Waals surface area contributed by atoms with E-state index in [1.165, 1.54) is 11.3 Å².